The Morgan fingerprint density at radius 3 is 2.32 bits per heavy atom. The lowest BCUT2D eigenvalue weighted by Crippen LogP contribution is -2.32. The Balaban J connectivity index is 1.59. The van der Waals surface area contributed by atoms with Crippen LogP contribution in [0.2, 0.25) is 0 Å². The molecule has 2 aliphatic heterocycles. The second kappa shape index (κ2) is 8.27. The molecule has 1 atom stereocenters. The van der Waals surface area contributed by atoms with Crippen LogP contribution in [0.4, 0.5) is 0 Å². The number of amidine groups is 1. The smallest absolute Gasteiger partial charge is 0.192 e. The lowest BCUT2D eigenvalue weighted by atomic mass is 9.83. The first kappa shape index (κ1) is 19.9. The van der Waals surface area contributed by atoms with E-state index in [1.165, 1.54) is 22.3 Å². The van der Waals surface area contributed by atoms with Crippen LogP contribution in [0.3, 0.4) is 0 Å². The summed E-state index contributed by atoms with van der Waals surface area (Å²) in [7, 11) is 3.39. The Hall–Kier alpha value is -2.99. The lowest BCUT2D eigenvalue weighted by Gasteiger charge is -2.36. The molecule has 5 rings (SSSR count). The second-order valence-corrected chi connectivity index (χ2v) is 8.97. The maximum atomic E-state index is 5.37. The van der Waals surface area contributed by atoms with Crippen LogP contribution in [0.1, 0.15) is 43.4 Å². The molecule has 2 aromatic rings. The van der Waals surface area contributed by atoms with Crippen LogP contribution in [-0.4, -0.2) is 29.4 Å². The van der Waals surface area contributed by atoms with Crippen molar-refractivity contribution in [3.63, 3.8) is 0 Å². The van der Waals surface area contributed by atoms with Gasteiger partial charge in [0.25, 0.3) is 0 Å². The van der Waals surface area contributed by atoms with E-state index < -0.39 is 0 Å². The van der Waals surface area contributed by atoms with Crippen molar-refractivity contribution in [2.75, 3.05) is 14.2 Å². The molecular formula is C25H25N3O2S. The van der Waals surface area contributed by atoms with Crippen LogP contribution in [0.15, 0.2) is 75.5 Å². The number of allylic oxidation sites excluding steroid dienone is 1. The molecule has 0 fully saturated rings. The first-order valence-corrected chi connectivity index (χ1v) is 11.3. The van der Waals surface area contributed by atoms with Gasteiger partial charge in [-0.05, 0) is 90.6 Å². The highest BCUT2D eigenvalue weighted by molar-refractivity contribution is 8.26. The van der Waals surface area contributed by atoms with Gasteiger partial charge in [-0.25, -0.2) is 10.0 Å². The fourth-order valence-corrected chi connectivity index (χ4v) is 5.14. The number of rotatable bonds is 4. The summed E-state index contributed by atoms with van der Waals surface area (Å²) >= 11 is 1.65. The minimum Gasteiger partial charge on any atom is -0.497 e. The van der Waals surface area contributed by atoms with Gasteiger partial charge < -0.3 is 9.47 Å². The zero-order chi connectivity index (χ0) is 21.4. The van der Waals surface area contributed by atoms with Crippen LogP contribution in [0.25, 0.3) is 6.08 Å². The van der Waals surface area contributed by atoms with E-state index in [1.54, 1.807) is 26.0 Å². The van der Waals surface area contributed by atoms with Crippen LogP contribution in [-0.2, 0) is 0 Å². The van der Waals surface area contributed by atoms with E-state index in [1.807, 2.05) is 31.2 Å². The number of ether oxygens (including phenoxy) is 2. The first-order valence-electron chi connectivity index (χ1n) is 10.5. The summed E-state index contributed by atoms with van der Waals surface area (Å²) in [6.07, 6.45) is 5.44. The molecule has 0 saturated carbocycles. The number of benzene rings is 2. The van der Waals surface area contributed by atoms with Crippen LogP contribution in [0, 0.1) is 0 Å². The van der Waals surface area contributed by atoms with Gasteiger partial charge in [0, 0.05) is 0 Å². The largest absolute Gasteiger partial charge is 0.497 e. The molecule has 0 bridgehead atoms. The SMILES string of the molecule is COc1ccc(/C=C2\CCCC3=C2N=C2SC(C)=NN2C3c2ccc(OC)cc2)cc1. The molecule has 158 valence electrons. The Labute approximate surface area is 187 Å². The van der Waals surface area contributed by atoms with E-state index in [9.17, 15) is 0 Å². The van der Waals surface area contributed by atoms with Crippen molar-refractivity contribution in [3.05, 3.63) is 76.5 Å². The number of aliphatic imine (C=N–C) groups is 1. The number of methoxy groups -OCH3 is 2. The quantitative estimate of drug-likeness (QED) is 0.594. The number of hydrogen-bond acceptors (Lipinski definition) is 6. The van der Waals surface area contributed by atoms with Crippen molar-refractivity contribution in [2.24, 2.45) is 10.1 Å². The number of hydrogen-bond donors (Lipinski definition) is 0. The minimum atomic E-state index is 0.0675. The highest BCUT2D eigenvalue weighted by atomic mass is 32.2. The Bertz CT molecular complexity index is 1110. The van der Waals surface area contributed by atoms with E-state index in [-0.39, 0.29) is 6.04 Å². The summed E-state index contributed by atoms with van der Waals surface area (Å²) in [5.74, 6) is 1.73. The third kappa shape index (κ3) is 3.76. The molecular weight excluding hydrogens is 406 g/mol. The average Bonchev–Trinajstić information content (AvgIpc) is 3.18. The van der Waals surface area contributed by atoms with Gasteiger partial charge in [-0.1, -0.05) is 24.3 Å². The third-order valence-electron chi connectivity index (χ3n) is 5.85. The van der Waals surface area contributed by atoms with E-state index in [0.29, 0.717) is 0 Å². The van der Waals surface area contributed by atoms with Gasteiger partial charge >= 0.3 is 0 Å². The molecule has 0 aromatic heterocycles. The predicted octanol–water partition coefficient (Wildman–Crippen LogP) is 6.02. The molecule has 31 heavy (non-hydrogen) atoms. The van der Waals surface area contributed by atoms with Gasteiger partial charge in [-0.15, -0.1) is 0 Å². The average molecular weight is 432 g/mol. The Morgan fingerprint density at radius 2 is 1.65 bits per heavy atom. The Morgan fingerprint density at radius 1 is 0.968 bits per heavy atom. The standard InChI is InChI=1S/C25H25N3O2S/c1-16-27-28-24(18-9-13-21(30-3)14-10-18)22-6-4-5-19(23(22)26-25(28)31-16)15-17-7-11-20(29-2)12-8-17/h7-15,24H,4-6H2,1-3H3/b19-15+. The van der Waals surface area contributed by atoms with Crippen molar-refractivity contribution >= 4 is 28.0 Å². The molecule has 0 spiro atoms. The zero-order valence-electron chi connectivity index (χ0n) is 18.0. The summed E-state index contributed by atoms with van der Waals surface area (Å²) in [6, 6.07) is 16.6. The number of hydrazone groups is 1. The predicted molar refractivity (Wildman–Crippen MR) is 128 cm³/mol. The maximum Gasteiger partial charge on any atom is 0.192 e. The summed E-state index contributed by atoms with van der Waals surface area (Å²) in [4.78, 5) is 5.09. The number of fused-ring (bicyclic) bond motifs is 1. The molecule has 1 unspecified atom stereocenters. The van der Waals surface area contributed by atoms with E-state index in [0.717, 1.165) is 46.7 Å². The first-order chi connectivity index (χ1) is 15.2. The van der Waals surface area contributed by atoms with Crippen molar-refractivity contribution in [1.82, 2.24) is 5.01 Å². The number of thioether (sulfide) groups is 1. The topological polar surface area (TPSA) is 46.4 Å². The Kier molecular flexibility index (Phi) is 5.32. The molecule has 0 radical (unpaired) electrons. The lowest BCUT2D eigenvalue weighted by molar-refractivity contribution is 0.359. The molecule has 0 saturated heterocycles. The second-order valence-electron chi connectivity index (χ2n) is 7.81. The monoisotopic (exact) mass is 431 g/mol. The summed E-state index contributed by atoms with van der Waals surface area (Å²) in [5, 5.41) is 8.89. The van der Waals surface area contributed by atoms with Gasteiger partial charge in [0.1, 0.15) is 17.5 Å². The van der Waals surface area contributed by atoms with Crippen LogP contribution >= 0.6 is 11.8 Å². The molecule has 0 N–H and O–H groups in total. The highest BCUT2D eigenvalue weighted by Gasteiger charge is 2.38. The molecule has 3 aliphatic rings. The third-order valence-corrected chi connectivity index (χ3v) is 6.69. The molecule has 1 aliphatic carbocycles. The highest BCUT2D eigenvalue weighted by Crippen LogP contribution is 2.47. The molecule has 0 amide bonds. The fourth-order valence-electron chi connectivity index (χ4n) is 4.37. The van der Waals surface area contributed by atoms with Crippen molar-refractivity contribution in [3.8, 4) is 11.5 Å². The maximum absolute atomic E-state index is 5.37. The van der Waals surface area contributed by atoms with Crippen LogP contribution < -0.4 is 9.47 Å². The van der Waals surface area contributed by atoms with E-state index in [4.69, 9.17) is 19.6 Å². The molecule has 2 heterocycles. The van der Waals surface area contributed by atoms with E-state index in [2.05, 4.69) is 35.4 Å². The van der Waals surface area contributed by atoms with Crippen molar-refractivity contribution in [2.45, 2.75) is 32.2 Å². The van der Waals surface area contributed by atoms with Gasteiger partial charge in [0.15, 0.2) is 5.17 Å². The van der Waals surface area contributed by atoms with Crippen molar-refractivity contribution in [1.29, 1.82) is 0 Å². The van der Waals surface area contributed by atoms with Gasteiger partial charge in [0.05, 0.1) is 25.0 Å². The fraction of sp³-hybridized carbons (Fsp3) is 0.280. The normalized spacial score (nSPS) is 21.5. The van der Waals surface area contributed by atoms with E-state index >= 15 is 0 Å². The van der Waals surface area contributed by atoms with Crippen LogP contribution in [0.5, 0.6) is 11.5 Å². The van der Waals surface area contributed by atoms with Gasteiger partial charge in [-0.3, -0.25) is 0 Å². The summed E-state index contributed by atoms with van der Waals surface area (Å²) in [6.45, 7) is 2.05. The molecule has 6 heteroatoms. The molecule has 2 aromatic carbocycles. The van der Waals surface area contributed by atoms with Crippen molar-refractivity contribution < 1.29 is 9.47 Å². The summed E-state index contributed by atoms with van der Waals surface area (Å²) in [5.41, 5.74) is 6.15. The minimum absolute atomic E-state index is 0.0675. The molecule has 5 nitrogen and oxygen atoms in total. The number of nitrogens with zero attached hydrogens (tertiary/aromatic N) is 3. The zero-order valence-corrected chi connectivity index (χ0v) is 18.8. The van der Waals surface area contributed by atoms with Gasteiger partial charge in [-0.2, -0.15) is 5.10 Å². The van der Waals surface area contributed by atoms with Gasteiger partial charge in [0.2, 0.25) is 0 Å². The summed E-state index contributed by atoms with van der Waals surface area (Å²) < 4.78 is 10.7.